The van der Waals surface area contributed by atoms with E-state index in [1.54, 1.807) is 12.1 Å². The quantitative estimate of drug-likeness (QED) is 0.560. The van der Waals surface area contributed by atoms with Crippen molar-refractivity contribution >= 4 is 23.8 Å². The Hall–Kier alpha value is -2.90. The third kappa shape index (κ3) is 5.42. The molecule has 2 saturated heterocycles. The summed E-state index contributed by atoms with van der Waals surface area (Å²) in [5, 5.41) is 5.71. The van der Waals surface area contributed by atoms with Crippen LogP contribution in [0.4, 0.5) is 4.79 Å². The topological polar surface area (TPSA) is 98.8 Å². The summed E-state index contributed by atoms with van der Waals surface area (Å²) in [5.41, 5.74) is 0.752. The molecule has 5 amide bonds. The van der Waals surface area contributed by atoms with Gasteiger partial charge in [0.15, 0.2) is 0 Å². The van der Waals surface area contributed by atoms with Crippen molar-refractivity contribution in [3.63, 3.8) is 0 Å². The van der Waals surface area contributed by atoms with Crippen LogP contribution in [-0.4, -0.2) is 58.7 Å². The van der Waals surface area contributed by atoms with E-state index in [0.717, 1.165) is 62.1 Å². The van der Waals surface area contributed by atoms with Crippen LogP contribution in [-0.2, 0) is 16.1 Å². The number of nitrogens with one attached hydrogen (secondary N) is 2. The van der Waals surface area contributed by atoms with Gasteiger partial charge >= 0.3 is 6.03 Å². The summed E-state index contributed by atoms with van der Waals surface area (Å²) >= 11 is 0. The van der Waals surface area contributed by atoms with Crippen LogP contribution >= 0.6 is 0 Å². The predicted molar refractivity (Wildman–Crippen MR) is 137 cm³/mol. The lowest BCUT2D eigenvalue weighted by atomic mass is 9.65. The van der Waals surface area contributed by atoms with E-state index < -0.39 is 17.5 Å². The maximum Gasteiger partial charge on any atom is 0.325 e. The zero-order chi connectivity index (χ0) is 25.9. The predicted octanol–water partition coefficient (Wildman–Crippen LogP) is 3.85. The molecule has 1 aromatic carbocycles. The maximum atomic E-state index is 13.2. The lowest BCUT2D eigenvalue weighted by molar-refractivity contribution is -0.136. The molecular formula is C28H40N4O4. The van der Waals surface area contributed by atoms with Gasteiger partial charge in [-0.05, 0) is 74.0 Å². The van der Waals surface area contributed by atoms with Gasteiger partial charge in [0, 0.05) is 25.2 Å². The van der Waals surface area contributed by atoms with Crippen molar-refractivity contribution in [3.05, 3.63) is 35.4 Å². The molecule has 36 heavy (non-hydrogen) atoms. The number of nitrogens with zero attached hydrogens (tertiary/aromatic N) is 2. The molecule has 0 aromatic heterocycles. The Morgan fingerprint density at radius 2 is 1.81 bits per heavy atom. The number of hydrogen-bond acceptors (Lipinski definition) is 4. The smallest absolute Gasteiger partial charge is 0.325 e. The third-order valence-corrected chi connectivity index (χ3v) is 8.71. The molecule has 0 radical (unpaired) electrons. The molecule has 1 aromatic rings. The van der Waals surface area contributed by atoms with Crippen LogP contribution < -0.4 is 10.6 Å². The summed E-state index contributed by atoms with van der Waals surface area (Å²) in [5.74, 6) is -0.147. The molecule has 2 N–H and O–H groups in total. The average Bonchev–Trinajstić information content (AvgIpc) is 3.11. The fourth-order valence-electron chi connectivity index (χ4n) is 5.83. The van der Waals surface area contributed by atoms with E-state index in [1.165, 1.54) is 0 Å². The molecule has 8 nitrogen and oxygen atoms in total. The lowest BCUT2D eigenvalue weighted by Crippen LogP contribution is -2.51. The summed E-state index contributed by atoms with van der Waals surface area (Å²) in [6, 6.07) is 6.78. The molecular weight excluding hydrogens is 456 g/mol. The number of likely N-dealkylation sites (tertiary alicyclic amines) is 1. The van der Waals surface area contributed by atoms with E-state index in [9.17, 15) is 19.2 Å². The Kier molecular flexibility index (Phi) is 7.71. The number of hydrogen-bond donors (Lipinski definition) is 2. The zero-order valence-corrected chi connectivity index (χ0v) is 21.9. The van der Waals surface area contributed by atoms with Gasteiger partial charge in [0.05, 0.1) is 0 Å². The normalized spacial score (nSPS) is 24.7. The minimum absolute atomic E-state index is 0.0181. The molecule has 0 unspecified atom stereocenters. The molecule has 0 bridgehead atoms. The van der Waals surface area contributed by atoms with Crippen molar-refractivity contribution < 1.29 is 19.2 Å². The van der Waals surface area contributed by atoms with Gasteiger partial charge in [0.2, 0.25) is 5.91 Å². The van der Waals surface area contributed by atoms with Crippen molar-refractivity contribution in [1.29, 1.82) is 0 Å². The fourth-order valence-corrected chi connectivity index (χ4v) is 5.83. The zero-order valence-electron chi connectivity index (χ0n) is 21.9. The van der Waals surface area contributed by atoms with Crippen LogP contribution in [0.1, 0.15) is 88.1 Å². The second-order valence-electron chi connectivity index (χ2n) is 11.3. The minimum atomic E-state index is -0.874. The van der Waals surface area contributed by atoms with Crippen molar-refractivity contribution in [1.82, 2.24) is 20.4 Å². The molecule has 4 rings (SSSR count). The summed E-state index contributed by atoms with van der Waals surface area (Å²) < 4.78 is 0. The monoisotopic (exact) mass is 496 g/mol. The molecule has 196 valence electrons. The van der Waals surface area contributed by atoms with Crippen LogP contribution in [0.15, 0.2) is 24.3 Å². The van der Waals surface area contributed by atoms with Gasteiger partial charge in [-0.15, -0.1) is 0 Å². The number of rotatable bonds is 7. The molecule has 2 aliphatic heterocycles. The molecule has 1 aliphatic carbocycles. The van der Waals surface area contributed by atoms with E-state index in [4.69, 9.17) is 0 Å². The first-order chi connectivity index (χ1) is 17.1. The highest BCUT2D eigenvalue weighted by atomic mass is 16.2. The van der Waals surface area contributed by atoms with Gasteiger partial charge in [-0.3, -0.25) is 19.3 Å². The van der Waals surface area contributed by atoms with Crippen LogP contribution in [0.2, 0.25) is 0 Å². The molecule has 3 fully saturated rings. The van der Waals surface area contributed by atoms with Crippen LogP contribution in [0, 0.1) is 11.3 Å². The summed E-state index contributed by atoms with van der Waals surface area (Å²) in [6.07, 6.45) is 7.30. The number of imide groups is 1. The highest BCUT2D eigenvalue weighted by Gasteiger charge is 2.53. The van der Waals surface area contributed by atoms with Gasteiger partial charge in [-0.2, -0.15) is 0 Å². The fraction of sp³-hybridized carbons (Fsp3) is 0.643. The Bertz CT molecular complexity index is 1010. The summed E-state index contributed by atoms with van der Waals surface area (Å²) in [7, 11) is 0. The summed E-state index contributed by atoms with van der Waals surface area (Å²) in [6.45, 7) is 8.21. The SMILES string of the molecule is CCC(C)(C)C1CCC2(CC1)NC(=O)N(CC(=O)NCc1cccc(C(=O)N3CCCCC3)c1)C2=O. The molecule has 3 aliphatic rings. The van der Waals surface area contributed by atoms with Gasteiger partial charge in [-0.1, -0.05) is 39.3 Å². The Balaban J connectivity index is 1.31. The van der Waals surface area contributed by atoms with Gasteiger partial charge < -0.3 is 15.5 Å². The Morgan fingerprint density at radius 1 is 1.11 bits per heavy atom. The van der Waals surface area contributed by atoms with Crippen LogP contribution in [0.3, 0.4) is 0 Å². The third-order valence-electron chi connectivity index (χ3n) is 8.71. The molecule has 8 heteroatoms. The first-order valence-corrected chi connectivity index (χ1v) is 13.4. The molecule has 1 saturated carbocycles. The maximum absolute atomic E-state index is 13.2. The van der Waals surface area contributed by atoms with E-state index >= 15 is 0 Å². The lowest BCUT2D eigenvalue weighted by Gasteiger charge is -2.42. The number of benzene rings is 1. The van der Waals surface area contributed by atoms with Gasteiger partial charge in [0.1, 0.15) is 12.1 Å². The molecule has 1 spiro atoms. The first-order valence-electron chi connectivity index (χ1n) is 13.4. The largest absolute Gasteiger partial charge is 0.350 e. The van der Waals surface area contributed by atoms with E-state index in [-0.39, 0.29) is 30.3 Å². The van der Waals surface area contributed by atoms with Gasteiger partial charge in [-0.25, -0.2) is 4.79 Å². The van der Waals surface area contributed by atoms with E-state index in [1.807, 2.05) is 17.0 Å². The Morgan fingerprint density at radius 3 is 2.47 bits per heavy atom. The van der Waals surface area contributed by atoms with Crippen molar-refractivity contribution in [2.75, 3.05) is 19.6 Å². The van der Waals surface area contributed by atoms with E-state index in [0.29, 0.717) is 24.3 Å². The number of carbonyl (C=O) groups excluding carboxylic acids is 4. The molecule has 0 atom stereocenters. The number of carbonyl (C=O) groups is 4. The van der Waals surface area contributed by atoms with Crippen molar-refractivity contribution in [2.24, 2.45) is 11.3 Å². The van der Waals surface area contributed by atoms with Crippen molar-refractivity contribution in [2.45, 2.75) is 84.2 Å². The first kappa shape index (κ1) is 26.2. The average molecular weight is 497 g/mol. The summed E-state index contributed by atoms with van der Waals surface area (Å²) in [4.78, 5) is 54.2. The number of urea groups is 1. The highest BCUT2D eigenvalue weighted by Crippen LogP contribution is 2.45. The van der Waals surface area contributed by atoms with E-state index in [2.05, 4.69) is 31.4 Å². The van der Waals surface area contributed by atoms with Crippen LogP contribution in [0.5, 0.6) is 0 Å². The molecule has 2 heterocycles. The second-order valence-corrected chi connectivity index (χ2v) is 11.3. The standard InChI is InChI=1S/C28H40N4O4/c1-4-27(2,3)22-11-13-28(14-12-22)25(35)32(26(36)30-28)19-23(33)29-18-20-9-8-10-21(17-20)24(34)31-15-6-5-7-16-31/h8-10,17,22H,4-7,11-16,18-19H2,1-3H3,(H,29,33)(H,30,36). The highest BCUT2D eigenvalue weighted by molar-refractivity contribution is 6.09. The second kappa shape index (κ2) is 10.6. The van der Waals surface area contributed by atoms with Crippen molar-refractivity contribution in [3.8, 4) is 0 Å². The number of piperidine rings is 1. The minimum Gasteiger partial charge on any atom is -0.350 e. The van der Waals surface area contributed by atoms with Gasteiger partial charge in [0.25, 0.3) is 11.8 Å². The Labute approximate surface area is 214 Å². The van der Waals surface area contributed by atoms with Crippen LogP contribution in [0.25, 0.3) is 0 Å². The number of amides is 5.